The fourth-order valence-electron chi connectivity index (χ4n) is 22.0. The third-order valence-electron chi connectivity index (χ3n) is 19.0. The summed E-state index contributed by atoms with van der Waals surface area (Å²) in [6.07, 6.45) is 0. The summed E-state index contributed by atoms with van der Waals surface area (Å²) >= 11 is 3.35. The van der Waals surface area contributed by atoms with Gasteiger partial charge in [0.25, 0.3) is 0 Å². The van der Waals surface area contributed by atoms with Gasteiger partial charge in [0, 0.05) is 134 Å². The van der Waals surface area contributed by atoms with Crippen molar-refractivity contribution in [2.24, 2.45) is 0 Å². The van der Waals surface area contributed by atoms with Crippen LogP contribution < -0.4 is 10.6 Å². The predicted molar refractivity (Wildman–Crippen MR) is 450 cm³/mol. The van der Waals surface area contributed by atoms with E-state index in [0.29, 0.717) is 8.57 Å². The Labute approximate surface area is 576 Å². The molecule has 0 aliphatic carbocycles. The van der Waals surface area contributed by atoms with Gasteiger partial charge in [-0.25, -0.2) is 4.21 Å². The summed E-state index contributed by atoms with van der Waals surface area (Å²) in [4.78, 5) is 0. The number of hydrogen-bond acceptors (Lipinski definition) is 3. The maximum Gasteiger partial charge on any atom is 0.0818 e. The summed E-state index contributed by atoms with van der Waals surface area (Å²) in [6.45, 7) is 124. The topological polar surface area (TPSA) is 60.4 Å². The van der Waals surface area contributed by atoms with Crippen LogP contribution in [0.5, 0.6) is 0 Å². The molecule has 2 aromatic rings. The van der Waals surface area contributed by atoms with Crippen LogP contribution in [0.2, 0.25) is 275 Å². The molecule has 1 N–H and O–H groups in total. The minimum absolute atomic E-state index is 0. The fraction of sp³-hybridized carbons (Fsp3) is 0.812. The van der Waals surface area contributed by atoms with Gasteiger partial charge in [-0.05, 0) is 111 Å². The Morgan fingerprint density at radius 1 is 0.337 bits per heavy atom. The summed E-state index contributed by atoms with van der Waals surface area (Å²) in [7, 11) is -26.0. The van der Waals surface area contributed by atoms with Gasteiger partial charge in [-0.2, -0.15) is 0 Å². The van der Waals surface area contributed by atoms with E-state index in [-0.39, 0.29) is 36.9 Å². The number of benzene rings is 2. The largest absolute Gasteiger partial charge is 0.748 e. The van der Waals surface area contributed by atoms with Crippen LogP contribution in [0.1, 0.15) is 54.0 Å². The molecule has 2 aromatic carbocycles. The van der Waals surface area contributed by atoms with Crippen LogP contribution in [0.3, 0.4) is 0 Å². The molecule has 1 unspecified atom stereocenters. The van der Waals surface area contributed by atoms with E-state index in [2.05, 4.69) is 337 Å². The van der Waals surface area contributed by atoms with Crippen LogP contribution in [-0.2, 0) is 49.9 Å². The van der Waals surface area contributed by atoms with Crippen molar-refractivity contribution in [3.8, 4) is 0 Å². The standard InChI is InChI=1S/2C32H73PSi7.H2O3S2.Pt/c2*1-33(2)29-27(30(34(3,4)5)35(6,7)8)24-26(25-28(29)31(36(9,10)11)37(12,13)14)32(38(15,16)17,39(18,19)20)40(21,22)23;1-5(2,3)4;/h2*24-25,30-31H,1-23H3;(H2,1,2,3,4);/p-1. The van der Waals surface area contributed by atoms with E-state index in [4.69, 9.17) is 13.3 Å². The first kappa shape index (κ1) is 91.4. The third kappa shape index (κ3) is 21.7. The minimum atomic E-state index is -4.08. The van der Waals surface area contributed by atoms with Crippen molar-refractivity contribution in [1.29, 1.82) is 0 Å². The zero-order valence-corrected chi connectivity index (χ0v) is 85.6. The molecule has 22 heteroatoms. The molecule has 0 heterocycles. The van der Waals surface area contributed by atoms with E-state index in [9.17, 15) is 0 Å². The molecule has 1 atom stereocenters. The molecule has 0 aromatic heterocycles. The van der Waals surface area contributed by atoms with Crippen LogP contribution in [0.25, 0.3) is 0 Å². The van der Waals surface area contributed by atoms with E-state index in [1.165, 1.54) is 0 Å². The molecular formula is C64H147O3P2PtS2Si14-. The first-order chi connectivity index (χ1) is 36.3. The van der Waals surface area contributed by atoms with Gasteiger partial charge in [0.2, 0.25) is 0 Å². The first-order valence-corrected chi connectivity index (χ1v) is 89.1. The Balaban J connectivity index is 0. The SMILES string of the molecule is CP(C)c1c(C([Si](C)(C)C)[Si](C)(C)C)cc(C([Si](C)(C)C)([Si](C)(C)C)[Si](C)(C)C)cc1C([Si](C)(C)C)[Si](C)(C)C.CP(C)c1c(C([Si](C)(C)C)[Si](C)(C)C)cc(C([Si](C)(C)C)([Si](C)(C)C)[Si](C)(C)C)cc1C([Si](C)(C)C)[Si](C)(C)C.O=S([O-])(O)=S.[Pt]. The summed E-state index contributed by atoms with van der Waals surface area (Å²) in [6, 6.07) is 11.8. The number of rotatable bonds is 22. The van der Waals surface area contributed by atoms with Crippen molar-refractivity contribution in [3.63, 3.8) is 0 Å². The van der Waals surface area contributed by atoms with Crippen LogP contribution in [0.4, 0.5) is 0 Å². The van der Waals surface area contributed by atoms with Crippen LogP contribution in [0, 0.1) is 0 Å². The maximum atomic E-state index is 9.00. The zero-order chi connectivity index (χ0) is 69.4. The van der Waals surface area contributed by atoms with Crippen molar-refractivity contribution in [3.05, 3.63) is 57.6 Å². The molecule has 0 fully saturated rings. The molecule has 0 aliphatic heterocycles. The van der Waals surface area contributed by atoms with Gasteiger partial charge >= 0.3 is 0 Å². The van der Waals surface area contributed by atoms with E-state index in [0.717, 1.165) is 20.7 Å². The van der Waals surface area contributed by atoms with E-state index < -0.39 is 122 Å². The zero-order valence-electron chi connectivity index (χ0n) is 65.9. The average molecular weight is 1680 g/mol. The smallest absolute Gasteiger partial charge is 0.0818 e. The van der Waals surface area contributed by atoms with Crippen LogP contribution >= 0.6 is 15.8 Å². The Hall–Kier alpha value is 3.31. The molecule has 0 aliphatic rings. The van der Waals surface area contributed by atoms with Crippen LogP contribution in [-0.4, -0.2) is 153 Å². The van der Waals surface area contributed by atoms with Crippen molar-refractivity contribution in [2.75, 3.05) is 26.7 Å². The Bertz CT molecular complexity index is 2270. The Morgan fingerprint density at radius 2 is 0.442 bits per heavy atom. The molecule has 0 saturated carbocycles. The summed E-state index contributed by atoms with van der Waals surface area (Å²) in [5, 5.41) is 6.91. The van der Waals surface area contributed by atoms with Crippen molar-refractivity contribution in [1.82, 2.24) is 0 Å². The van der Waals surface area contributed by atoms with Crippen molar-refractivity contribution < 1.29 is 34.4 Å². The second-order valence-corrected chi connectivity index (χ2v) is 128. The summed E-state index contributed by atoms with van der Waals surface area (Å²) < 4.78 is 26.2. The van der Waals surface area contributed by atoms with Gasteiger partial charge in [-0.1, -0.05) is 315 Å². The van der Waals surface area contributed by atoms with Gasteiger partial charge in [0.05, 0.1) is 9.05 Å². The second kappa shape index (κ2) is 29.4. The maximum absolute atomic E-state index is 9.00. The number of hydrogen-bond donors (Lipinski definition) is 1. The predicted octanol–water partition coefficient (Wildman–Crippen LogP) is 22.5. The summed E-state index contributed by atoms with van der Waals surface area (Å²) in [5.74, 6) is 0. The monoisotopic (exact) mass is 1680 g/mol. The van der Waals surface area contributed by atoms with Crippen LogP contribution in [0.15, 0.2) is 24.3 Å². The molecule has 510 valence electrons. The molecule has 0 radical (unpaired) electrons. The average Bonchev–Trinajstić information content (AvgIpc) is 3.05. The molecule has 0 spiro atoms. The molecular weight excluding hydrogens is 1530 g/mol. The molecule has 0 bridgehead atoms. The van der Waals surface area contributed by atoms with E-state index in [1.807, 2.05) is 44.0 Å². The van der Waals surface area contributed by atoms with E-state index in [1.54, 1.807) is 0 Å². The minimum Gasteiger partial charge on any atom is -0.748 e. The van der Waals surface area contributed by atoms with Gasteiger partial charge in [0.1, 0.15) is 0 Å². The second-order valence-electron chi connectivity index (χ2n) is 41.9. The van der Waals surface area contributed by atoms with Crippen molar-refractivity contribution >= 4 is 160 Å². The summed E-state index contributed by atoms with van der Waals surface area (Å²) in [5.41, 5.74) is 11.1. The fourth-order valence-corrected chi connectivity index (χ4v) is 137. The normalized spacial score (nSPS) is 15.7. The van der Waals surface area contributed by atoms with Gasteiger partial charge in [-0.15, -0.1) is 0 Å². The Morgan fingerprint density at radius 3 is 0.512 bits per heavy atom. The third-order valence-corrected chi connectivity index (χ3v) is 101. The van der Waals surface area contributed by atoms with Gasteiger partial charge in [-0.3, -0.25) is 0 Å². The van der Waals surface area contributed by atoms with Gasteiger partial charge in [0.15, 0.2) is 0 Å². The molecule has 3 nitrogen and oxygen atoms in total. The molecule has 2 rings (SSSR count). The molecule has 0 saturated heterocycles. The first-order valence-electron chi connectivity index (χ1n) is 32.7. The molecule has 86 heavy (non-hydrogen) atoms. The van der Waals surface area contributed by atoms with Crippen molar-refractivity contribution in [2.45, 2.75) is 304 Å². The Kier molecular flexibility index (Phi) is 31.2. The van der Waals surface area contributed by atoms with Gasteiger partial charge < -0.3 is 9.11 Å². The van der Waals surface area contributed by atoms with E-state index >= 15 is 0 Å². The quantitative estimate of drug-likeness (QED) is 0.0943. The molecule has 0 amide bonds.